The van der Waals surface area contributed by atoms with E-state index in [1.54, 1.807) is 31.7 Å². The zero-order valence-corrected chi connectivity index (χ0v) is 19.4. The molecule has 1 N–H and O–H groups in total. The Kier molecular flexibility index (Phi) is 6.76. The Morgan fingerprint density at radius 1 is 1.12 bits per heavy atom. The van der Waals surface area contributed by atoms with Gasteiger partial charge in [-0.05, 0) is 39.7 Å². The van der Waals surface area contributed by atoms with Crippen LogP contribution in [0.3, 0.4) is 0 Å². The van der Waals surface area contributed by atoms with Crippen LogP contribution >= 0.6 is 0 Å². The Hall–Kier alpha value is -3.62. The van der Waals surface area contributed by atoms with Crippen LogP contribution in [0.5, 0.6) is 5.88 Å². The van der Waals surface area contributed by atoms with E-state index in [9.17, 15) is 4.79 Å². The normalized spacial score (nSPS) is 18.3. The van der Waals surface area contributed by atoms with Crippen LogP contribution in [-0.2, 0) is 4.79 Å². The Morgan fingerprint density at radius 2 is 1.97 bits per heavy atom. The van der Waals surface area contributed by atoms with Crippen LogP contribution < -0.4 is 10.1 Å². The summed E-state index contributed by atoms with van der Waals surface area (Å²) < 4.78 is 5.71. The van der Waals surface area contributed by atoms with Crippen molar-refractivity contribution < 1.29 is 9.53 Å². The maximum absolute atomic E-state index is 12.1. The van der Waals surface area contributed by atoms with Crippen LogP contribution in [0.4, 0.5) is 11.5 Å². The summed E-state index contributed by atoms with van der Waals surface area (Å²) >= 11 is 0. The fourth-order valence-electron chi connectivity index (χ4n) is 3.97. The number of likely N-dealkylation sites (tertiary alicyclic amines) is 1. The van der Waals surface area contributed by atoms with Gasteiger partial charge >= 0.3 is 0 Å². The van der Waals surface area contributed by atoms with E-state index >= 15 is 0 Å². The smallest absolute Gasteiger partial charge is 0.219 e. The van der Waals surface area contributed by atoms with E-state index in [0.717, 1.165) is 18.5 Å². The summed E-state index contributed by atoms with van der Waals surface area (Å²) in [6.45, 7) is 8.22. The van der Waals surface area contributed by atoms with Gasteiger partial charge in [0.2, 0.25) is 11.8 Å². The average Bonchev–Trinajstić information content (AvgIpc) is 2.79. The maximum atomic E-state index is 12.1. The fraction of sp³-hybridized carbons (Fsp3) is 0.417. The van der Waals surface area contributed by atoms with Crippen molar-refractivity contribution in [2.45, 2.75) is 58.6 Å². The van der Waals surface area contributed by atoms with E-state index in [2.05, 4.69) is 27.2 Å². The summed E-state index contributed by atoms with van der Waals surface area (Å²) in [6.07, 6.45) is 8.50. The van der Waals surface area contributed by atoms with Crippen molar-refractivity contribution in [2.75, 3.05) is 11.9 Å². The van der Waals surface area contributed by atoms with E-state index in [0.29, 0.717) is 35.5 Å². The van der Waals surface area contributed by atoms with Crippen molar-refractivity contribution in [3.63, 3.8) is 0 Å². The zero-order chi connectivity index (χ0) is 23.4. The number of pyridine rings is 1. The van der Waals surface area contributed by atoms with Crippen molar-refractivity contribution in [3.8, 4) is 17.3 Å². The van der Waals surface area contributed by atoms with Gasteiger partial charge in [0.05, 0.1) is 18.0 Å². The van der Waals surface area contributed by atoms with Crippen LogP contribution in [0.2, 0.25) is 0 Å². The van der Waals surface area contributed by atoms with Crippen molar-refractivity contribution in [1.29, 1.82) is 0 Å². The third kappa shape index (κ3) is 5.60. The fourth-order valence-corrected chi connectivity index (χ4v) is 3.97. The Bertz CT molecular complexity index is 1110. The Morgan fingerprint density at radius 3 is 2.70 bits per heavy atom. The second-order valence-electron chi connectivity index (χ2n) is 8.56. The van der Waals surface area contributed by atoms with Crippen LogP contribution in [0.1, 0.15) is 52.3 Å². The summed E-state index contributed by atoms with van der Waals surface area (Å²) in [6, 6.07) is 5.77. The van der Waals surface area contributed by atoms with Gasteiger partial charge in [0.25, 0.3) is 0 Å². The Balaban J connectivity index is 1.68. The number of aromatic nitrogens is 5. The molecule has 1 aliphatic rings. The minimum absolute atomic E-state index is 0.0274. The topological polar surface area (TPSA) is 106 Å². The van der Waals surface area contributed by atoms with E-state index in [4.69, 9.17) is 14.7 Å². The van der Waals surface area contributed by atoms with Crippen molar-refractivity contribution in [3.05, 3.63) is 48.8 Å². The number of amides is 1. The van der Waals surface area contributed by atoms with Gasteiger partial charge < -0.3 is 15.0 Å². The number of ether oxygens (including phenoxy) is 1. The van der Waals surface area contributed by atoms with Crippen LogP contribution in [0, 0.1) is 0 Å². The summed E-state index contributed by atoms with van der Waals surface area (Å²) in [5.41, 5.74) is 2.14. The lowest BCUT2D eigenvalue weighted by atomic mass is 9.92. The molecule has 1 aliphatic heterocycles. The highest BCUT2D eigenvalue weighted by Gasteiger charge is 2.30. The van der Waals surface area contributed by atoms with Crippen LogP contribution in [0.25, 0.3) is 11.4 Å². The van der Waals surface area contributed by atoms with E-state index in [1.165, 1.54) is 0 Å². The molecule has 33 heavy (non-hydrogen) atoms. The predicted octanol–water partition coefficient (Wildman–Crippen LogP) is 3.97. The van der Waals surface area contributed by atoms with Gasteiger partial charge in [0.1, 0.15) is 17.3 Å². The first kappa shape index (κ1) is 22.6. The molecule has 0 unspecified atom stereocenters. The first-order valence-electron chi connectivity index (χ1n) is 11.2. The first-order valence-corrected chi connectivity index (χ1v) is 11.2. The molecule has 1 saturated heterocycles. The molecule has 0 radical (unpaired) electrons. The number of nitrogens with one attached hydrogen (secondary N) is 1. The molecule has 0 aliphatic carbocycles. The maximum Gasteiger partial charge on any atom is 0.219 e. The van der Waals surface area contributed by atoms with Crippen molar-refractivity contribution in [1.82, 2.24) is 29.8 Å². The third-order valence-corrected chi connectivity index (χ3v) is 5.58. The Labute approximate surface area is 193 Å². The number of anilines is 2. The molecule has 0 spiro atoms. The number of carbonyl (C=O) groups is 1. The number of rotatable bonds is 6. The van der Waals surface area contributed by atoms with Gasteiger partial charge in [-0.25, -0.2) is 15.0 Å². The SMILES string of the molecule is CC(=O)N1C[C@H](c2nc(Nc3ccnc(OC(C)C)c3)cc(-c3cnccn3)n2)CC[C@@H]1C. The third-order valence-electron chi connectivity index (χ3n) is 5.58. The standard InChI is InChI=1S/C24H29N7O2/c1-15(2)33-23-11-19(7-8-27-23)28-22-12-20(21-13-25-9-10-26-21)29-24(30-22)18-6-5-16(3)31(14-18)17(4)32/h7-13,15-16,18H,5-6,14H2,1-4H3,(H,27,28,29,30)/t16-,18+/m0/s1. The highest BCUT2D eigenvalue weighted by Crippen LogP contribution is 2.31. The zero-order valence-electron chi connectivity index (χ0n) is 19.4. The van der Waals surface area contributed by atoms with Crippen molar-refractivity contribution >= 4 is 17.4 Å². The highest BCUT2D eigenvalue weighted by atomic mass is 16.5. The monoisotopic (exact) mass is 447 g/mol. The largest absolute Gasteiger partial charge is 0.475 e. The van der Waals surface area contributed by atoms with E-state index in [1.807, 2.05) is 36.9 Å². The molecule has 1 amide bonds. The minimum atomic E-state index is 0.0274. The highest BCUT2D eigenvalue weighted by molar-refractivity contribution is 5.73. The summed E-state index contributed by atoms with van der Waals surface area (Å²) in [7, 11) is 0. The van der Waals surface area contributed by atoms with Gasteiger partial charge in [0, 0.05) is 61.8 Å². The molecule has 0 saturated carbocycles. The number of hydrogen-bond donors (Lipinski definition) is 1. The van der Waals surface area contributed by atoms with Gasteiger partial charge in [-0.15, -0.1) is 0 Å². The molecule has 4 heterocycles. The first-order chi connectivity index (χ1) is 15.9. The van der Waals surface area contributed by atoms with Crippen molar-refractivity contribution in [2.24, 2.45) is 0 Å². The molecule has 9 nitrogen and oxygen atoms in total. The van der Waals surface area contributed by atoms with E-state index < -0.39 is 0 Å². The predicted molar refractivity (Wildman–Crippen MR) is 125 cm³/mol. The van der Waals surface area contributed by atoms with Crippen LogP contribution in [0.15, 0.2) is 43.0 Å². The minimum Gasteiger partial charge on any atom is -0.475 e. The van der Waals surface area contributed by atoms with Crippen LogP contribution in [-0.4, -0.2) is 54.4 Å². The second-order valence-corrected chi connectivity index (χ2v) is 8.56. The molecule has 0 bridgehead atoms. The number of nitrogens with zero attached hydrogens (tertiary/aromatic N) is 6. The van der Waals surface area contributed by atoms with Gasteiger partial charge in [-0.3, -0.25) is 14.8 Å². The number of carbonyl (C=O) groups excluding carboxylic acids is 1. The molecule has 2 atom stereocenters. The summed E-state index contributed by atoms with van der Waals surface area (Å²) in [4.78, 5) is 36.5. The molecule has 0 aromatic carbocycles. The lowest BCUT2D eigenvalue weighted by Gasteiger charge is -2.37. The van der Waals surface area contributed by atoms with Gasteiger partial charge in [-0.2, -0.15) is 0 Å². The lowest BCUT2D eigenvalue weighted by Crippen LogP contribution is -2.44. The quantitative estimate of drug-likeness (QED) is 0.605. The van der Waals surface area contributed by atoms with Gasteiger partial charge in [0.15, 0.2) is 0 Å². The molecule has 4 rings (SSSR count). The molecule has 9 heteroatoms. The average molecular weight is 448 g/mol. The molecule has 3 aromatic heterocycles. The summed E-state index contributed by atoms with van der Waals surface area (Å²) in [5.74, 6) is 1.98. The molecular formula is C24H29N7O2. The number of hydrogen-bond acceptors (Lipinski definition) is 8. The van der Waals surface area contributed by atoms with Gasteiger partial charge in [-0.1, -0.05) is 0 Å². The number of piperidine rings is 1. The molecular weight excluding hydrogens is 418 g/mol. The molecule has 172 valence electrons. The lowest BCUT2D eigenvalue weighted by molar-refractivity contribution is -0.132. The molecule has 1 fully saturated rings. The second kappa shape index (κ2) is 9.89. The summed E-state index contributed by atoms with van der Waals surface area (Å²) in [5, 5.41) is 3.35. The van der Waals surface area contributed by atoms with E-state index in [-0.39, 0.29) is 24.0 Å². The molecule has 3 aromatic rings.